The summed E-state index contributed by atoms with van der Waals surface area (Å²) in [5.74, 6) is 0.480. The van der Waals surface area contributed by atoms with Crippen molar-refractivity contribution < 1.29 is 14.9 Å². The monoisotopic (exact) mass is 453 g/mol. The van der Waals surface area contributed by atoms with Crippen molar-refractivity contribution in [3.05, 3.63) is 95.6 Å². The van der Waals surface area contributed by atoms with Gasteiger partial charge in [-0.2, -0.15) is 0 Å². The van der Waals surface area contributed by atoms with E-state index in [-0.39, 0.29) is 17.6 Å². The summed E-state index contributed by atoms with van der Waals surface area (Å²) in [6.07, 6.45) is 3.46. The summed E-state index contributed by atoms with van der Waals surface area (Å²) in [6, 6.07) is 26.1. The highest BCUT2D eigenvalue weighted by Crippen LogP contribution is 2.41. The van der Waals surface area contributed by atoms with Crippen LogP contribution in [0.2, 0.25) is 0 Å². The van der Waals surface area contributed by atoms with E-state index >= 15 is 0 Å². The van der Waals surface area contributed by atoms with Crippen LogP contribution in [-0.4, -0.2) is 35.8 Å². The maximum atomic E-state index is 10.1. The van der Waals surface area contributed by atoms with Gasteiger partial charge in [-0.05, 0) is 83.7 Å². The van der Waals surface area contributed by atoms with Gasteiger partial charge >= 0.3 is 0 Å². The van der Waals surface area contributed by atoms with E-state index in [0.717, 1.165) is 39.6 Å². The largest absolute Gasteiger partial charge is 0.508 e. The van der Waals surface area contributed by atoms with E-state index in [2.05, 4.69) is 42.3 Å². The van der Waals surface area contributed by atoms with Crippen LogP contribution < -0.4 is 0 Å². The van der Waals surface area contributed by atoms with Gasteiger partial charge in [0.05, 0.1) is 0 Å². The number of aromatic hydroxyl groups is 2. The number of hydrogen-bond donors (Lipinski definition) is 2. The van der Waals surface area contributed by atoms with Crippen LogP contribution in [0.5, 0.6) is 11.5 Å². The first-order valence-electron chi connectivity index (χ1n) is 11.9. The molecule has 0 aliphatic carbocycles. The number of hydrogen-bond acceptors (Lipinski definition) is 4. The molecule has 1 heterocycles. The summed E-state index contributed by atoms with van der Waals surface area (Å²) < 4.78 is 6.13. The Hall–Kier alpha value is -3.34. The molecule has 0 spiro atoms. The van der Waals surface area contributed by atoms with Crippen LogP contribution in [0.15, 0.2) is 78.9 Å². The van der Waals surface area contributed by atoms with Gasteiger partial charge in [-0.1, -0.05) is 61.0 Å². The minimum Gasteiger partial charge on any atom is -0.508 e. The second-order valence-electron chi connectivity index (χ2n) is 9.25. The van der Waals surface area contributed by atoms with Gasteiger partial charge < -0.3 is 14.9 Å². The highest BCUT2D eigenvalue weighted by atomic mass is 16.5. The number of ether oxygens (including phenoxy) is 1. The fourth-order valence-corrected chi connectivity index (χ4v) is 5.33. The maximum absolute atomic E-state index is 10.1. The van der Waals surface area contributed by atoms with Crippen molar-refractivity contribution in [2.45, 2.75) is 31.4 Å². The molecule has 0 saturated carbocycles. The quantitative estimate of drug-likeness (QED) is 0.348. The van der Waals surface area contributed by atoms with Crippen molar-refractivity contribution in [2.24, 2.45) is 0 Å². The van der Waals surface area contributed by atoms with E-state index in [4.69, 9.17) is 4.74 Å². The first-order chi connectivity index (χ1) is 16.5. The molecule has 1 fully saturated rings. The molecule has 0 radical (unpaired) electrons. The zero-order chi connectivity index (χ0) is 23.7. The number of phenols is 2. The molecular weight excluding hydrogens is 422 g/mol. The Kier molecular flexibility index (Phi) is 6.27. The highest BCUT2D eigenvalue weighted by Gasteiger charge is 2.24. The van der Waals surface area contributed by atoms with Crippen LogP contribution in [0.1, 0.15) is 48.1 Å². The molecule has 4 heteroatoms. The summed E-state index contributed by atoms with van der Waals surface area (Å²) in [4.78, 5) is 2.45. The molecule has 2 N–H and O–H groups in total. The Morgan fingerprint density at radius 3 is 2.29 bits per heavy atom. The number of nitrogens with zero attached hydrogens (tertiary/aromatic N) is 1. The molecule has 2 atom stereocenters. The molecule has 0 bridgehead atoms. The fraction of sp³-hybridized carbons (Fsp3) is 0.267. The highest BCUT2D eigenvalue weighted by molar-refractivity contribution is 5.93. The van der Waals surface area contributed by atoms with E-state index < -0.39 is 0 Å². The summed E-state index contributed by atoms with van der Waals surface area (Å²) in [5.41, 5.74) is 5.53. The second-order valence-corrected chi connectivity index (χ2v) is 9.25. The average molecular weight is 454 g/mol. The van der Waals surface area contributed by atoms with Gasteiger partial charge in [0.1, 0.15) is 17.6 Å². The van der Waals surface area contributed by atoms with Gasteiger partial charge in [-0.3, -0.25) is 4.90 Å². The summed E-state index contributed by atoms with van der Waals surface area (Å²) in [6.45, 7) is 1.14. The molecule has 5 rings (SSSR count). The lowest BCUT2D eigenvalue weighted by atomic mass is 9.87. The summed E-state index contributed by atoms with van der Waals surface area (Å²) >= 11 is 0. The number of phenolic OH excluding ortho intramolecular Hbond substituents is 2. The number of piperidine rings is 1. The van der Waals surface area contributed by atoms with E-state index in [9.17, 15) is 10.2 Å². The van der Waals surface area contributed by atoms with Gasteiger partial charge in [-0.25, -0.2) is 0 Å². The molecule has 0 amide bonds. The minimum atomic E-state index is -0.282. The van der Waals surface area contributed by atoms with Crippen molar-refractivity contribution in [3.8, 4) is 22.6 Å². The predicted molar refractivity (Wildman–Crippen MR) is 137 cm³/mol. The van der Waals surface area contributed by atoms with Crippen molar-refractivity contribution in [1.82, 2.24) is 4.90 Å². The van der Waals surface area contributed by atoms with Crippen LogP contribution >= 0.6 is 0 Å². The van der Waals surface area contributed by atoms with Crippen molar-refractivity contribution in [2.75, 3.05) is 20.7 Å². The Labute approximate surface area is 201 Å². The maximum Gasteiger partial charge on any atom is 0.116 e. The van der Waals surface area contributed by atoms with Crippen molar-refractivity contribution in [1.29, 1.82) is 0 Å². The third-order valence-electron chi connectivity index (χ3n) is 7.12. The Balaban J connectivity index is 1.62. The molecule has 4 nitrogen and oxygen atoms in total. The number of benzene rings is 4. The number of methoxy groups -OCH3 is 1. The molecule has 34 heavy (non-hydrogen) atoms. The van der Waals surface area contributed by atoms with Crippen LogP contribution in [-0.2, 0) is 4.74 Å². The van der Waals surface area contributed by atoms with Gasteiger partial charge in [-0.15, -0.1) is 0 Å². The topological polar surface area (TPSA) is 52.9 Å². The molecular formula is C30H31NO3. The second kappa shape index (κ2) is 9.49. The SMILES string of the molecule is COC(c1ccc(C2CCCCN2C)cc1)c1c(-c2ccc(O)cc2)ccc2cc(O)ccc12. The molecule has 1 aliphatic heterocycles. The Bertz CT molecular complexity index is 1280. The van der Waals surface area contributed by atoms with Crippen molar-refractivity contribution >= 4 is 10.8 Å². The fourth-order valence-electron chi connectivity index (χ4n) is 5.33. The van der Waals surface area contributed by atoms with Crippen LogP contribution in [0.25, 0.3) is 21.9 Å². The lowest BCUT2D eigenvalue weighted by Gasteiger charge is -2.33. The number of rotatable bonds is 5. The number of likely N-dealkylation sites (tertiary alicyclic amines) is 1. The zero-order valence-corrected chi connectivity index (χ0v) is 19.7. The van der Waals surface area contributed by atoms with E-state index in [1.165, 1.54) is 24.8 Å². The van der Waals surface area contributed by atoms with E-state index in [1.807, 2.05) is 24.3 Å². The summed E-state index contributed by atoms with van der Waals surface area (Å²) in [7, 11) is 3.96. The normalized spacial score (nSPS) is 17.6. The smallest absolute Gasteiger partial charge is 0.116 e. The molecule has 2 unspecified atom stereocenters. The molecule has 174 valence electrons. The van der Waals surface area contributed by atoms with Gasteiger partial charge in [0, 0.05) is 18.7 Å². The van der Waals surface area contributed by atoms with Gasteiger partial charge in [0.2, 0.25) is 0 Å². The first kappa shape index (κ1) is 22.5. The van der Waals surface area contributed by atoms with Gasteiger partial charge in [0.15, 0.2) is 0 Å². The third-order valence-corrected chi connectivity index (χ3v) is 7.12. The standard InChI is InChI=1S/C30H31NO3/c1-31-18-4-3-5-28(31)21-6-8-22(9-7-21)30(34-2)29-26(20-10-13-24(32)14-11-20)16-12-23-19-25(33)15-17-27(23)29/h6-17,19,28,30,32-33H,3-5,18H2,1-2H3. The van der Waals surface area contributed by atoms with Crippen LogP contribution in [0.4, 0.5) is 0 Å². The molecule has 1 saturated heterocycles. The van der Waals surface area contributed by atoms with E-state index in [0.29, 0.717) is 6.04 Å². The lowest BCUT2D eigenvalue weighted by molar-refractivity contribution is 0.138. The minimum absolute atomic E-state index is 0.238. The first-order valence-corrected chi connectivity index (χ1v) is 11.9. The lowest BCUT2D eigenvalue weighted by Crippen LogP contribution is -2.29. The predicted octanol–water partition coefficient (Wildman–Crippen LogP) is 6.81. The molecule has 4 aromatic rings. The molecule has 4 aromatic carbocycles. The van der Waals surface area contributed by atoms with E-state index in [1.54, 1.807) is 31.4 Å². The molecule has 1 aliphatic rings. The summed E-state index contributed by atoms with van der Waals surface area (Å²) in [5, 5.41) is 21.9. The Morgan fingerprint density at radius 2 is 1.59 bits per heavy atom. The Morgan fingerprint density at radius 1 is 0.853 bits per heavy atom. The van der Waals surface area contributed by atoms with Crippen LogP contribution in [0.3, 0.4) is 0 Å². The zero-order valence-electron chi connectivity index (χ0n) is 19.7. The van der Waals surface area contributed by atoms with Crippen molar-refractivity contribution in [3.63, 3.8) is 0 Å². The average Bonchev–Trinajstić information content (AvgIpc) is 2.86. The number of fused-ring (bicyclic) bond motifs is 1. The molecule has 0 aromatic heterocycles. The third kappa shape index (κ3) is 4.27. The van der Waals surface area contributed by atoms with Gasteiger partial charge in [0.25, 0.3) is 0 Å². The van der Waals surface area contributed by atoms with Crippen LogP contribution in [0, 0.1) is 0 Å².